The summed E-state index contributed by atoms with van der Waals surface area (Å²) in [5.74, 6) is 0.536. The quantitative estimate of drug-likeness (QED) is 0.868. The van der Waals surface area contributed by atoms with Crippen LogP contribution in [-0.2, 0) is 4.79 Å². The highest BCUT2D eigenvalue weighted by molar-refractivity contribution is 8.00. The number of carbonyl (C=O) groups is 1. The predicted molar refractivity (Wildman–Crippen MR) is 82.9 cm³/mol. The van der Waals surface area contributed by atoms with Crippen molar-refractivity contribution in [3.63, 3.8) is 0 Å². The van der Waals surface area contributed by atoms with Crippen LogP contribution in [0.25, 0.3) is 0 Å². The summed E-state index contributed by atoms with van der Waals surface area (Å²) < 4.78 is 0. The second-order valence-corrected chi connectivity index (χ2v) is 6.50. The number of carbonyl (C=O) groups excluding carboxylic acids is 1. The number of hydrogen-bond acceptors (Lipinski definition) is 3. The molecule has 20 heavy (non-hydrogen) atoms. The van der Waals surface area contributed by atoms with Crippen LogP contribution in [0.2, 0.25) is 0 Å². The average molecular weight is 293 g/mol. The number of benzene rings is 1. The molecule has 0 spiro atoms. The Morgan fingerprint density at radius 3 is 2.75 bits per heavy atom. The van der Waals surface area contributed by atoms with Gasteiger partial charge in [-0.2, -0.15) is 0 Å². The lowest BCUT2D eigenvalue weighted by Crippen LogP contribution is -2.46. The number of hydrogen-bond donors (Lipinski definition) is 1. The topological polar surface area (TPSA) is 40.5 Å². The van der Waals surface area contributed by atoms with Crippen molar-refractivity contribution in [1.82, 2.24) is 4.90 Å². The van der Waals surface area contributed by atoms with Crippen LogP contribution in [0.3, 0.4) is 0 Å². The highest BCUT2D eigenvalue weighted by Crippen LogP contribution is 2.25. The van der Waals surface area contributed by atoms with E-state index in [4.69, 9.17) is 0 Å². The van der Waals surface area contributed by atoms with Crippen LogP contribution in [0, 0.1) is 6.92 Å². The third kappa shape index (κ3) is 3.76. The van der Waals surface area contributed by atoms with E-state index >= 15 is 0 Å². The summed E-state index contributed by atoms with van der Waals surface area (Å²) >= 11 is 1.58. The van der Waals surface area contributed by atoms with Gasteiger partial charge in [-0.1, -0.05) is 31.0 Å². The van der Waals surface area contributed by atoms with Crippen molar-refractivity contribution in [1.29, 1.82) is 0 Å². The SMILES string of the molecule is Cc1ccccc1SCC(=O)N(C)C1CCCCC1O. The fourth-order valence-electron chi connectivity index (χ4n) is 2.69. The molecule has 3 nitrogen and oxygen atoms in total. The molecule has 0 saturated heterocycles. The largest absolute Gasteiger partial charge is 0.391 e. The fraction of sp³-hybridized carbons (Fsp3) is 0.562. The minimum absolute atomic E-state index is 0.00581. The molecule has 2 rings (SSSR count). The van der Waals surface area contributed by atoms with E-state index in [1.165, 1.54) is 5.56 Å². The summed E-state index contributed by atoms with van der Waals surface area (Å²) in [6.07, 6.45) is 3.54. The Kier molecular flexibility index (Phi) is 5.49. The number of thioether (sulfide) groups is 1. The van der Waals surface area contributed by atoms with Gasteiger partial charge in [0.1, 0.15) is 0 Å². The Hall–Kier alpha value is -1.00. The van der Waals surface area contributed by atoms with Gasteiger partial charge in [-0.3, -0.25) is 4.79 Å². The average Bonchev–Trinajstić information content (AvgIpc) is 2.46. The summed E-state index contributed by atoms with van der Waals surface area (Å²) in [5.41, 5.74) is 1.20. The number of aliphatic hydroxyl groups is 1. The number of likely N-dealkylation sites (N-methyl/N-ethyl adjacent to an activating group) is 1. The van der Waals surface area contributed by atoms with Gasteiger partial charge in [0, 0.05) is 11.9 Å². The van der Waals surface area contributed by atoms with Gasteiger partial charge in [-0.15, -0.1) is 11.8 Å². The molecule has 0 bridgehead atoms. The van der Waals surface area contributed by atoms with Crippen LogP contribution in [0.1, 0.15) is 31.2 Å². The molecular formula is C16H23NO2S. The van der Waals surface area contributed by atoms with Crippen molar-refractivity contribution >= 4 is 17.7 Å². The van der Waals surface area contributed by atoms with E-state index in [-0.39, 0.29) is 18.1 Å². The van der Waals surface area contributed by atoms with Crippen molar-refractivity contribution < 1.29 is 9.90 Å². The lowest BCUT2D eigenvalue weighted by Gasteiger charge is -2.35. The van der Waals surface area contributed by atoms with Gasteiger partial charge in [-0.05, 0) is 31.4 Å². The molecule has 1 fully saturated rings. The maximum atomic E-state index is 12.3. The lowest BCUT2D eigenvalue weighted by molar-refractivity contribution is -0.132. The molecule has 0 heterocycles. The number of nitrogens with zero attached hydrogens (tertiary/aromatic N) is 1. The summed E-state index contributed by atoms with van der Waals surface area (Å²) in [5, 5.41) is 10.0. The van der Waals surface area contributed by atoms with Crippen LogP contribution in [-0.4, -0.2) is 40.9 Å². The molecule has 1 amide bonds. The Morgan fingerprint density at radius 1 is 1.35 bits per heavy atom. The van der Waals surface area contributed by atoms with E-state index in [0.29, 0.717) is 5.75 Å². The highest BCUT2D eigenvalue weighted by atomic mass is 32.2. The van der Waals surface area contributed by atoms with Gasteiger partial charge in [0.2, 0.25) is 5.91 Å². The molecule has 2 atom stereocenters. The van der Waals surface area contributed by atoms with Crippen molar-refractivity contribution in [2.24, 2.45) is 0 Å². The van der Waals surface area contributed by atoms with Crippen molar-refractivity contribution in [3.8, 4) is 0 Å². The van der Waals surface area contributed by atoms with E-state index in [1.807, 2.05) is 25.2 Å². The Balaban J connectivity index is 1.89. The maximum absolute atomic E-state index is 12.3. The van der Waals surface area contributed by atoms with E-state index in [2.05, 4.69) is 13.0 Å². The third-order valence-corrected chi connectivity index (χ3v) is 5.19. The molecule has 1 aromatic carbocycles. The van der Waals surface area contributed by atoms with Gasteiger partial charge in [0.15, 0.2) is 0 Å². The standard InChI is InChI=1S/C16H23NO2S/c1-12-7-3-6-10-15(12)20-11-16(19)17(2)13-8-4-5-9-14(13)18/h3,6-7,10,13-14,18H,4-5,8-9,11H2,1-2H3. The van der Waals surface area contributed by atoms with Gasteiger partial charge in [0.05, 0.1) is 17.9 Å². The zero-order valence-corrected chi connectivity index (χ0v) is 13.0. The molecule has 0 aliphatic heterocycles. The smallest absolute Gasteiger partial charge is 0.233 e. The van der Waals surface area contributed by atoms with Gasteiger partial charge in [0.25, 0.3) is 0 Å². The van der Waals surface area contributed by atoms with E-state index in [0.717, 1.165) is 30.6 Å². The molecule has 1 aliphatic rings. The summed E-state index contributed by atoms with van der Waals surface area (Å²) in [6, 6.07) is 8.10. The summed E-state index contributed by atoms with van der Waals surface area (Å²) in [4.78, 5) is 15.2. The van der Waals surface area contributed by atoms with Crippen LogP contribution in [0.4, 0.5) is 0 Å². The summed E-state index contributed by atoms with van der Waals surface area (Å²) in [7, 11) is 1.82. The molecule has 4 heteroatoms. The second-order valence-electron chi connectivity index (χ2n) is 5.48. The Bertz CT molecular complexity index is 464. The number of rotatable bonds is 4. The molecule has 1 aromatic rings. The number of aryl methyl sites for hydroxylation is 1. The van der Waals surface area contributed by atoms with Crippen LogP contribution < -0.4 is 0 Å². The maximum Gasteiger partial charge on any atom is 0.233 e. The van der Waals surface area contributed by atoms with Crippen LogP contribution in [0.15, 0.2) is 29.2 Å². The minimum Gasteiger partial charge on any atom is -0.391 e. The van der Waals surface area contributed by atoms with E-state index in [9.17, 15) is 9.90 Å². The molecular weight excluding hydrogens is 270 g/mol. The molecule has 1 saturated carbocycles. The molecule has 0 aromatic heterocycles. The van der Waals surface area contributed by atoms with Crippen molar-refractivity contribution in [3.05, 3.63) is 29.8 Å². The van der Waals surface area contributed by atoms with E-state index in [1.54, 1.807) is 16.7 Å². The zero-order valence-electron chi connectivity index (χ0n) is 12.2. The predicted octanol–water partition coefficient (Wildman–Crippen LogP) is 2.85. The molecule has 2 unspecified atom stereocenters. The van der Waals surface area contributed by atoms with Crippen LogP contribution >= 0.6 is 11.8 Å². The highest BCUT2D eigenvalue weighted by Gasteiger charge is 2.29. The Morgan fingerprint density at radius 2 is 2.05 bits per heavy atom. The molecule has 0 radical (unpaired) electrons. The first-order chi connectivity index (χ1) is 9.59. The van der Waals surface area contributed by atoms with Gasteiger partial charge >= 0.3 is 0 Å². The Labute approximate surface area is 125 Å². The van der Waals surface area contributed by atoms with E-state index < -0.39 is 0 Å². The fourth-order valence-corrected chi connectivity index (χ4v) is 3.64. The number of amides is 1. The van der Waals surface area contributed by atoms with Crippen molar-refractivity contribution in [2.75, 3.05) is 12.8 Å². The van der Waals surface area contributed by atoms with Crippen molar-refractivity contribution in [2.45, 2.75) is 49.6 Å². The summed E-state index contributed by atoms with van der Waals surface area (Å²) in [6.45, 7) is 2.06. The third-order valence-electron chi connectivity index (χ3n) is 4.03. The molecule has 110 valence electrons. The van der Waals surface area contributed by atoms with Crippen LogP contribution in [0.5, 0.6) is 0 Å². The minimum atomic E-state index is -0.360. The monoisotopic (exact) mass is 293 g/mol. The molecule has 1 N–H and O–H groups in total. The lowest BCUT2D eigenvalue weighted by atomic mass is 9.91. The second kappa shape index (κ2) is 7.14. The first-order valence-electron chi connectivity index (χ1n) is 7.21. The number of aliphatic hydroxyl groups excluding tert-OH is 1. The first-order valence-corrected chi connectivity index (χ1v) is 8.20. The molecule has 1 aliphatic carbocycles. The normalized spacial score (nSPS) is 22.6. The zero-order chi connectivity index (χ0) is 14.5. The van der Waals surface area contributed by atoms with Gasteiger partial charge < -0.3 is 10.0 Å². The first kappa shape index (κ1) is 15.4. The van der Waals surface area contributed by atoms with Gasteiger partial charge in [-0.25, -0.2) is 0 Å².